The van der Waals surface area contributed by atoms with E-state index in [2.05, 4.69) is 29.0 Å². The molecule has 0 unspecified atom stereocenters. The number of aromatic amines is 1. The number of nitrogens with zero attached hydrogens (tertiary/aromatic N) is 1. The summed E-state index contributed by atoms with van der Waals surface area (Å²) in [6, 6.07) is 4.57. The molecular weight excluding hydrogens is 220 g/mol. The van der Waals surface area contributed by atoms with Crippen LogP contribution < -0.4 is 0 Å². The number of aryl methyl sites for hydroxylation is 2. The van der Waals surface area contributed by atoms with E-state index < -0.39 is 0 Å². The molecule has 1 aromatic carbocycles. The Bertz CT molecular complexity index is 566. The Balaban J connectivity index is 2.16. The summed E-state index contributed by atoms with van der Waals surface area (Å²) >= 11 is 0. The minimum absolute atomic E-state index is 0.995. The lowest BCUT2D eigenvalue weighted by Gasteiger charge is -2.22. The highest BCUT2D eigenvalue weighted by Gasteiger charge is 2.17. The first-order valence-electron chi connectivity index (χ1n) is 6.95. The van der Waals surface area contributed by atoms with E-state index in [0.717, 1.165) is 12.2 Å². The zero-order valence-electron chi connectivity index (χ0n) is 11.2. The number of hydrogen-bond acceptors (Lipinski definition) is 1. The van der Waals surface area contributed by atoms with Crippen molar-refractivity contribution in [3.63, 3.8) is 0 Å². The van der Waals surface area contributed by atoms with Crippen molar-refractivity contribution in [3.8, 4) is 11.3 Å². The van der Waals surface area contributed by atoms with Crippen LogP contribution >= 0.6 is 0 Å². The van der Waals surface area contributed by atoms with Crippen LogP contribution in [0.3, 0.4) is 0 Å². The third kappa shape index (κ3) is 1.86. The number of rotatable bonds is 2. The Kier molecular flexibility index (Phi) is 2.94. The molecule has 0 saturated carbocycles. The maximum absolute atomic E-state index is 4.33. The second kappa shape index (κ2) is 4.60. The number of nitrogens with one attached hydrogen (secondary N) is 1. The molecule has 1 N–H and O–H groups in total. The Labute approximate surface area is 108 Å². The van der Waals surface area contributed by atoms with Crippen molar-refractivity contribution >= 4 is 0 Å². The SMILES string of the molecule is CCc1ccc(-c2cnc(C)[nH]2)c2c1CCCC2. The highest BCUT2D eigenvalue weighted by molar-refractivity contribution is 5.66. The van der Waals surface area contributed by atoms with Crippen LogP contribution in [0, 0.1) is 6.92 Å². The summed E-state index contributed by atoms with van der Waals surface area (Å²) < 4.78 is 0. The standard InChI is InChI=1S/C16H20N2/c1-3-12-8-9-15(16-10-17-11(2)18-16)14-7-5-4-6-13(12)14/h8-10H,3-7H2,1-2H3,(H,17,18). The molecule has 0 radical (unpaired) electrons. The van der Waals surface area contributed by atoms with Gasteiger partial charge in [0.1, 0.15) is 5.82 Å². The largest absolute Gasteiger partial charge is 0.342 e. The smallest absolute Gasteiger partial charge is 0.103 e. The number of H-pyrrole nitrogens is 1. The van der Waals surface area contributed by atoms with Crippen LogP contribution in [0.15, 0.2) is 18.3 Å². The van der Waals surface area contributed by atoms with E-state index in [1.165, 1.54) is 42.5 Å². The molecule has 0 bridgehead atoms. The summed E-state index contributed by atoms with van der Waals surface area (Å²) in [5.74, 6) is 0.995. The van der Waals surface area contributed by atoms with Crippen molar-refractivity contribution in [1.29, 1.82) is 0 Å². The molecule has 0 aliphatic heterocycles. The highest BCUT2D eigenvalue weighted by atomic mass is 14.9. The molecule has 2 aromatic rings. The number of hydrogen-bond donors (Lipinski definition) is 1. The summed E-state index contributed by atoms with van der Waals surface area (Å²) in [4.78, 5) is 7.70. The third-order valence-electron chi connectivity index (χ3n) is 4.01. The van der Waals surface area contributed by atoms with Crippen LogP contribution in [-0.2, 0) is 19.3 Å². The molecular formula is C16H20N2. The van der Waals surface area contributed by atoms with Crippen molar-refractivity contribution in [2.45, 2.75) is 46.0 Å². The highest BCUT2D eigenvalue weighted by Crippen LogP contribution is 2.33. The monoisotopic (exact) mass is 240 g/mol. The van der Waals surface area contributed by atoms with Gasteiger partial charge >= 0.3 is 0 Å². The molecule has 1 aliphatic rings. The average molecular weight is 240 g/mol. The summed E-state index contributed by atoms with van der Waals surface area (Å²) in [7, 11) is 0. The van der Waals surface area contributed by atoms with Gasteiger partial charge in [-0.25, -0.2) is 4.98 Å². The van der Waals surface area contributed by atoms with E-state index >= 15 is 0 Å². The minimum Gasteiger partial charge on any atom is -0.342 e. The van der Waals surface area contributed by atoms with Gasteiger partial charge < -0.3 is 4.98 Å². The fourth-order valence-electron chi connectivity index (χ4n) is 3.08. The minimum atomic E-state index is 0.995. The van der Waals surface area contributed by atoms with Gasteiger partial charge in [0, 0.05) is 5.56 Å². The first-order valence-corrected chi connectivity index (χ1v) is 6.95. The van der Waals surface area contributed by atoms with Crippen molar-refractivity contribution in [2.24, 2.45) is 0 Å². The van der Waals surface area contributed by atoms with E-state index in [9.17, 15) is 0 Å². The van der Waals surface area contributed by atoms with Crippen molar-refractivity contribution in [1.82, 2.24) is 9.97 Å². The summed E-state index contributed by atoms with van der Waals surface area (Å²) in [6.45, 7) is 4.26. The number of imidazole rings is 1. The summed E-state index contributed by atoms with van der Waals surface area (Å²) in [6.07, 6.45) is 8.23. The molecule has 2 heteroatoms. The second-order valence-electron chi connectivity index (χ2n) is 5.17. The molecule has 0 atom stereocenters. The molecule has 2 nitrogen and oxygen atoms in total. The zero-order valence-corrected chi connectivity index (χ0v) is 11.2. The predicted molar refractivity (Wildman–Crippen MR) is 74.8 cm³/mol. The van der Waals surface area contributed by atoms with Gasteiger partial charge in [0.15, 0.2) is 0 Å². The van der Waals surface area contributed by atoms with Crippen molar-refractivity contribution < 1.29 is 0 Å². The fourth-order valence-corrected chi connectivity index (χ4v) is 3.08. The van der Waals surface area contributed by atoms with Gasteiger partial charge in [0.05, 0.1) is 11.9 Å². The van der Waals surface area contributed by atoms with Gasteiger partial charge in [-0.1, -0.05) is 19.1 Å². The number of benzene rings is 1. The van der Waals surface area contributed by atoms with E-state index in [4.69, 9.17) is 0 Å². The molecule has 1 heterocycles. The normalized spacial score (nSPS) is 14.6. The van der Waals surface area contributed by atoms with Crippen LogP contribution in [-0.4, -0.2) is 9.97 Å². The quantitative estimate of drug-likeness (QED) is 0.849. The van der Waals surface area contributed by atoms with Crippen molar-refractivity contribution in [3.05, 3.63) is 40.8 Å². The summed E-state index contributed by atoms with van der Waals surface area (Å²) in [5.41, 5.74) is 7.23. The maximum Gasteiger partial charge on any atom is 0.103 e. The van der Waals surface area contributed by atoms with E-state index in [-0.39, 0.29) is 0 Å². The zero-order chi connectivity index (χ0) is 12.5. The number of aromatic nitrogens is 2. The molecule has 0 spiro atoms. The van der Waals surface area contributed by atoms with E-state index in [1.807, 2.05) is 13.1 Å². The van der Waals surface area contributed by atoms with Crippen LogP contribution in [0.1, 0.15) is 42.3 Å². The molecule has 18 heavy (non-hydrogen) atoms. The Hall–Kier alpha value is -1.57. The Morgan fingerprint density at radius 3 is 2.61 bits per heavy atom. The van der Waals surface area contributed by atoms with Gasteiger partial charge in [0.25, 0.3) is 0 Å². The maximum atomic E-state index is 4.33. The second-order valence-corrected chi connectivity index (χ2v) is 5.17. The van der Waals surface area contributed by atoms with E-state index in [1.54, 1.807) is 11.1 Å². The molecule has 94 valence electrons. The topological polar surface area (TPSA) is 28.7 Å². The molecule has 0 saturated heterocycles. The molecule has 0 amide bonds. The first kappa shape index (κ1) is 11.5. The third-order valence-corrected chi connectivity index (χ3v) is 4.01. The van der Waals surface area contributed by atoms with Crippen LogP contribution in [0.25, 0.3) is 11.3 Å². The van der Waals surface area contributed by atoms with Gasteiger partial charge in [0.2, 0.25) is 0 Å². The molecule has 1 aliphatic carbocycles. The van der Waals surface area contributed by atoms with Gasteiger partial charge in [-0.15, -0.1) is 0 Å². The number of fused-ring (bicyclic) bond motifs is 1. The lowest BCUT2D eigenvalue weighted by Crippen LogP contribution is -2.08. The Morgan fingerprint density at radius 2 is 1.94 bits per heavy atom. The predicted octanol–water partition coefficient (Wildman–Crippen LogP) is 3.83. The van der Waals surface area contributed by atoms with Crippen LogP contribution in [0.4, 0.5) is 0 Å². The molecule has 0 fully saturated rings. The fraction of sp³-hybridized carbons (Fsp3) is 0.438. The average Bonchev–Trinajstić information content (AvgIpc) is 2.84. The van der Waals surface area contributed by atoms with Gasteiger partial charge in [-0.2, -0.15) is 0 Å². The lowest BCUT2D eigenvalue weighted by molar-refractivity contribution is 0.680. The Morgan fingerprint density at radius 1 is 1.17 bits per heavy atom. The van der Waals surface area contributed by atoms with Crippen LogP contribution in [0.5, 0.6) is 0 Å². The van der Waals surface area contributed by atoms with Gasteiger partial charge in [-0.05, 0) is 55.7 Å². The van der Waals surface area contributed by atoms with Crippen molar-refractivity contribution in [2.75, 3.05) is 0 Å². The molecule has 1 aromatic heterocycles. The van der Waals surface area contributed by atoms with E-state index in [0.29, 0.717) is 0 Å². The van der Waals surface area contributed by atoms with Gasteiger partial charge in [-0.3, -0.25) is 0 Å². The summed E-state index contributed by atoms with van der Waals surface area (Å²) in [5, 5.41) is 0. The lowest BCUT2D eigenvalue weighted by atomic mass is 9.84. The molecule has 3 rings (SSSR count). The first-order chi connectivity index (χ1) is 8.79. The van der Waals surface area contributed by atoms with Crippen LogP contribution in [0.2, 0.25) is 0 Å².